The molecule has 39 heavy (non-hydrogen) atoms. The van der Waals surface area contributed by atoms with Crippen molar-refractivity contribution in [2.75, 3.05) is 25.1 Å². The third-order valence-corrected chi connectivity index (χ3v) is 7.54. The molecule has 3 aromatic carbocycles. The summed E-state index contributed by atoms with van der Waals surface area (Å²) in [5, 5.41) is 3.41. The minimum absolute atomic E-state index is 0.572. The average molecular weight is 542 g/mol. The van der Waals surface area contributed by atoms with Crippen LogP contribution >= 0.6 is 11.8 Å². The maximum absolute atomic E-state index is 5.81. The van der Waals surface area contributed by atoms with Crippen molar-refractivity contribution in [2.24, 2.45) is 0 Å². The Kier molecular flexibility index (Phi) is 11.1. The molecule has 0 radical (unpaired) electrons. The number of hydrogen-bond donors (Lipinski definition) is 1. The average Bonchev–Trinajstić information content (AvgIpc) is 3.43. The molecule has 0 unspecified atom stereocenters. The van der Waals surface area contributed by atoms with Crippen molar-refractivity contribution in [3.8, 4) is 16.9 Å². The molecule has 0 bridgehead atoms. The molecule has 1 aromatic heterocycles. The summed E-state index contributed by atoms with van der Waals surface area (Å²) in [4.78, 5) is 5.50. The van der Waals surface area contributed by atoms with E-state index in [1.807, 2.05) is 42.6 Å². The van der Waals surface area contributed by atoms with Gasteiger partial charge >= 0.3 is 0 Å². The van der Waals surface area contributed by atoms with Gasteiger partial charge < -0.3 is 19.4 Å². The number of aryl methyl sites for hydroxylation is 2. The van der Waals surface area contributed by atoms with Crippen LogP contribution in [0.5, 0.6) is 5.75 Å². The van der Waals surface area contributed by atoms with E-state index in [4.69, 9.17) is 9.47 Å². The number of thioether (sulfide) groups is 1. The first-order valence-corrected chi connectivity index (χ1v) is 14.7. The van der Waals surface area contributed by atoms with Gasteiger partial charge in [0.2, 0.25) is 0 Å². The van der Waals surface area contributed by atoms with E-state index >= 15 is 0 Å². The van der Waals surface area contributed by atoms with Crippen molar-refractivity contribution in [3.05, 3.63) is 102 Å². The van der Waals surface area contributed by atoms with Crippen LogP contribution in [-0.2, 0) is 17.0 Å². The number of nitrogens with zero attached hydrogens (tertiary/aromatic N) is 2. The Balaban J connectivity index is 1.29. The number of ether oxygens (including phenoxy) is 2. The van der Waals surface area contributed by atoms with Gasteiger partial charge in [-0.05, 0) is 91.1 Å². The summed E-state index contributed by atoms with van der Waals surface area (Å²) in [6, 6.07) is 23.4. The van der Waals surface area contributed by atoms with Gasteiger partial charge in [0.1, 0.15) is 12.4 Å². The van der Waals surface area contributed by atoms with Crippen molar-refractivity contribution in [1.29, 1.82) is 0 Å². The highest BCUT2D eigenvalue weighted by molar-refractivity contribution is 7.98. The fraction of sp³-hybridized carbons (Fsp3) is 0.303. The molecule has 0 spiro atoms. The lowest BCUT2D eigenvalue weighted by Gasteiger charge is -2.09. The first kappa shape index (κ1) is 28.5. The second-order valence-electron chi connectivity index (χ2n) is 9.37. The number of unbranched alkanes of at least 4 members (excludes halogenated alkanes) is 1. The third kappa shape index (κ3) is 8.77. The SMILES string of the molecule is CCCCOCCOc1ccc(-c2ccc(C)c(/C=C\Nc3ccc(SCc4cncn4CC)cc3)c2)cc1. The second-order valence-corrected chi connectivity index (χ2v) is 10.4. The zero-order valence-electron chi connectivity index (χ0n) is 23.2. The molecule has 1 heterocycles. The molecule has 0 amide bonds. The van der Waals surface area contributed by atoms with Crippen molar-refractivity contribution >= 4 is 23.5 Å². The molecule has 0 aliphatic heterocycles. The van der Waals surface area contributed by atoms with E-state index in [9.17, 15) is 0 Å². The second kappa shape index (κ2) is 15.2. The molecule has 0 saturated heterocycles. The highest BCUT2D eigenvalue weighted by Gasteiger charge is 2.04. The van der Waals surface area contributed by atoms with Crippen LogP contribution in [0.2, 0.25) is 0 Å². The molecule has 5 nitrogen and oxygen atoms in total. The van der Waals surface area contributed by atoms with Gasteiger partial charge in [-0.3, -0.25) is 0 Å². The number of imidazole rings is 1. The quantitative estimate of drug-likeness (QED) is 0.121. The summed E-state index contributed by atoms with van der Waals surface area (Å²) in [5.74, 6) is 1.78. The minimum atomic E-state index is 0.572. The van der Waals surface area contributed by atoms with Gasteiger partial charge in [-0.2, -0.15) is 0 Å². The van der Waals surface area contributed by atoms with Crippen LogP contribution in [0, 0.1) is 6.92 Å². The van der Waals surface area contributed by atoms with Crippen LogP contribution in [0.1, 0.15) is 43.5 Å². The van der Waals surface area contributed by atoms with E-state index in [2.05, 4.69) is 96.3 Å². The Hall–Kier alpha value is -3.48. The molecule has 4 aromatic rings. The van der Waals surface area contributed by atoms with E-state index in [0.717, 1.165) is 43.2 Å². The standard InChI is InChI=1S/C33H39N3O2S/c1-4-6-19-37-20-21-38-32-13-9-27(10-14-32)29-8-7-26(3)28(22-29)17-18-35-30-11-15-33(16-12-30)39-24-31-23-34-25-36(31)5-2/h7-18,22-23,25,35H,4-6,19-21,24H2,1-3H3/b18-17-. The molecule has 204 valence electrons. The third-order valence-electron chi connectivity index (χ3n) is 6.50. The predicted octanol–water partition coefficient (Wildman–Crippen LogP) is 8.45. The van der Waals surface area contributed by atoms with Crippen molar-refractivity contribution in [1.82, 2.24) is 9.55 Å². The molecule has 0 atom stereocenters. The fourth-order valence-corrected chi connectivity index (χ4v) is 4.98. The van der Waals surface area contributed by atoms with Crippen LogP contribution < -0.4 is 10.1 Å². The van der Waals surface area contributed by atoms with Crippen LogP contribution in [-0.4, -0.2) is 29.4 Å². The number of benzene rings is 3. The van der Waals surface area contributed by atoms with Crippen molar-refractivity contribution in [2.45, 2.75) is 50.8 Å². The highest BCUT2D eigenvalue weighted by atomic mass is 32.2. The molecule has 1 N–H and O–H groups in total. The molecule has 0 fully saturated rings. The Morgan fingerprint density at radius 3 is 2.49 bits per heavy atom. The van der Waals surface area contributed by atoms with Gasteiger partial charge in [-0.1, -0.05) is 37.6 Å². The van der Waals surface area contributed by atoms with Crippen LogP contribution in [0.4, 0.5) is 5.69 Å². The number of anilines is 1. The van der Waals surface area contributed by atoms with Crippen LogP contribution in [0.3, 0.4) is 0 Å². The lowest BCUT2D eigenvalue weighted by Crippen LogP contribution is -2.07. The largest absolute Gasteiger partial charge is 0.491 e. The van der Waals surface area contributed by atoms with Gasteiger partial charge in [0.05, 0.1) is 12.9 Å². The van der Waals surface area contributed by atoms with Crippen molar-refractivity contribution < 1.29 is 9.47 Å². The molecule has 0 aliphatic rings. The van der Waals surface area contributed by atoms with E-state index in [1.165, 1.54) is 32.8 Å². The normalized spacial score (nSPS) is 11.3. The van der Waals surface area contributed by atoms with Gasteiger partial charge in [0.15, 0.2) is 0 Å². The van der Waals surface area contributed by atoms with Gasteiger partial charge in [-0.25, -0.2) is 4.98 Å². The summed E-state index contributed by atoms with van der Waals surface area (Å²) in [7, 11) is 0. The molecule has 6 heteroatoms. The van der Waals surface area contributed by atoms with E-state index in [0.29, 0.717) is 13.2 Å². The molecular formula is C33H39N3O2S. The van der Waals surface area contributed by atoms with E-state index in [1.54, 1.807) is 0 Å². The van der Waals surface area contributed by atoms with Crippen LogP contribution in [0.15, 0.2) is 90.3 Å². The van der Waals surface area contributed by atoms with E-state index < -0.39 is 0 Å². The monoisotopic (exact) mass is 541 g/mol. The summed E-state index contributed by atoms with van der Waals surface area (Å²) < 4.78 is 13.6. The Morgan fingerprint density at radius 1 is 0.923 bits per heavy atom. The fourth-order valence-electron chi connectivity index (χ4n) is 4.10. The lowest BCUT2D eigenvalue weighted by molar-refractivity contribution is 0.0981. The highest BCUT2D eigenvalue weighted by Crippen LogP contribution is 2.26. The topological polar surface area (TPSA) is 48.3 Å². The summed E-state index contributed by atoms with van der Waals surface area (Å²) >= 11 is 1.83. The lowest BCUT2D eigenvalue weighted by atomic mass is 9.99. The Morgan fingerprint density at radius 2 is 1.72 bits per heavy atom. The molecule has 0 saturated carbocycles. The Labute approximate surface area is 237 Å². The number of hydrogen-bond acceptors (Lipinski definition) is 5. The first-order chi connectivity index (χ1) is 19.2. The summed E-state index contributed by atoms with van der Waals surface area (Å²) in [5.41, 5.74) is 7.08. The molecular weight excluding hydrogens is 502 g/mol. The smallest absolute Gasteiger partial charge is 0.119 e. The Bertz CT molecular complexity index is 1310. The number of nitrogens with one attached hydrogen (secondary N) is 1. The van der Waals surface area contributed by atoms with Crippen molar-refractivity contribution in [3.63, 3.8) is 0 Å². The number of rotatable bonds is 15. The number of aromatic nitrogens is 2. The molecule has 0 aliphatic carbocycles. The maximum Gasteiger partial charge on any atom is 0.119 e. The van der Waals surface area contributed by atoms with Crippen LogP contribution in [0.25, 0.3) is 17.2 Å². The maximum atomic E-state index is 5.81. The zero-order valence-corrected chi connectivity index (χ0v) is 24.0. The predicted molar refractivity (Wildman–Crippen MR) is 164 cm³/mol. The van der Waals surface area contributed by atoms with Gasteiger partial charge in [0, 0.05) is 47.6 Å². The summed E-state index contributed by atoms with van der Waals surface area (Å²) in [6.45, 7) is 9.39. The minimum Gasteiger partial charge on any atom is -0.491 e. The van der Waals surface area contributed by atoms with Gasteiger partial charge in [-0.15, -0.1) is 11.8 Å². The zero-order chi connectivity index (χ0) is 27.3. The first-order valence-electron chi connectivity index (χ1n) is 13.7. The van der Waals surface area contributed by atoms with Gasteiger partial charge in [0.25, 0.3) is 0 Å². The summed E-state index contributed by atoms with van der Waals surface area (Å²) in [6.07, 6.45) is 10.2. The van der Waals surface area contributed by atoms with E-state index in [-0.39, 0.29) is 0 Å². The molecule has 4 rings (SSSR count).